The largest absolute Gasteiger partial charge is 0.496 e. The molecule has 0 unspecified atom stereocenters. The number of amides is 2. The van der Waals surface area contributed by atoms with Crippen LogP contribution in [0.1, 0.15) is 26.4 Å². The summed E-state index contributed by atoms with van der Waals surface area (Å²) in [5.74, 6) is 0.150. The van der Waals surface area contributed by atoms with E-state index >= 15 is 0 Å². The van der Waals surface area contributed by atoms with Crippen LogP contribution in [0.5, 0.6) is 5.75 Å². The number of methoxy groups -OCH3 is 1. The van der Waals surface area contributed by atoms with E-state index < -0.39 is 16.1 Å². The van der Waals surface area contributed by atoms with E-state index in [1.165, 1.54) is 13.3 Å². The summed E-state index contributed by atoms with van der Waals surface area (Å²) in [5.41, 5.74) is 1.89. The molecule has 0 aliphatic carbocycles. The fourth-order valence-corrected chi connectivity index (χ4v) is 4.09. The second-order valence-electron chi connectivity index (χ2n) is 6.88. The van der Waals surface area contributed by atoms with Crippen molar-refractivity contribution in [2.24, 2.45) is 0 Å². The molecule has 11 heteroatoms. The highest BCUT2D eigenvalue weighted by Crippen LogP contribution is 2.26. The predicted octanol–water partition coefficient (Wildman–Crippen LogP) is 3.38. The van der Waals surface area contributed by atoms with E-state index in [0.29, 0.717) is 27.4 Å². The molecule has 0 spiro atoms. The van der Waals surface area contributed by atoms with Crippen molar-refractivity contribution in [2.75, 3.05) is 24.0 Å². The maximum absolute atomic E-state index is 13.2. The fourth-order valence-electron chi connectivity index (χ4n) is 2.83. The van der Waals surface area contributed by atoms with Gasteiger partial charge in [0.1, 0.15) is 5.75 Å². The highest BCUT2D eigenvalue weighted by Gasteiger charge is 2.19. The first-order chi connectivity index (χ1) is 15.2. The lowest BCUT2D eigenvalue weighted by Gasteiger charge is -2.13. The van der Waals surface area contributed by atoms with Crippen LogP contribution >= 0.6 is 11.3 Å². The molecule has 1 aromatic heterocycles. The molecule has 0 radical (unpaired) electrons. The van der Waals surface area contributed by atoms with Gasteiger partial charge in [0.25, 0.3) is 0 Å². The van der Waals surface area contributed by atoms with E-state index in [2.05, 4.69) is 20.3 Å². The van der Waals surface area contributed by atoms with Crippen LogP contribution in [0.4, 0.5) is 15.6 Å². The average Bonchev–Trinajstić information content (AvgIpc) is 3.19. The smallest absolute Gasteiger partial charge is 0.325 e. The monoisotopic (exact) mass is 474 g/mol. The number of benzene rings is 2. The average molecular weight is 475 g/mol. The lowest BCUT2D eigenvalue weighted by atomic mass is 9.99. The number of thiazole rings is 1. The van der Waals surface area contributed by atoms with Gasteiger partial charge >= 0.3 is 6.03 Å². The molecule has 2 aromatic carbocycles. The van der Waals surface area contributed by atoms with E-state index in [9.17, 15) is 18.0 Å². The minimum atomic E-state index is -3.33. The maximum atomic E-state index is 13.2. The third-order valence-corrected chi connectivity index (χ3v) is 5.88. The second kappa shape index (κ2) is 9.90. The zero-order valence-electron chi connectivity index (χ0n) is 17.6. The Kier molecular flexibility index (Phi) is 7.23. The third-order valence-electron chi connectivity index (χ3n) is 4.30. The van der Waals surface area contributed by atoms with Gasteiger partial charge in [0.05, 0.1) is 24.6 Å². The topological polar surface area (TPSA) is 126 Å². The number of anilines is 2. The normalized spacial score (nSPS) is 11.1. The molecular formula is C21H22N4O5S2. The van der Waals surface area contributed by atoms with Crippen molar-refractivity contribution in [3.63, 3.8) is 0 Å². The van der Waals surface area contributed by atoms with E-state index in [4.69, 9.17) is 4.74 Å². The molecular weight excluding hydrogens is 452 g/mol. The Morgan fingerprint density at radius 1 is 1.09 bits per heavy atom. The van der Waals surface area contributed by atoms with Crippen LogP contribution in [-0.4, -0.2) is 38.6 Å². The number of sulfonamides is 1. The minimum Gasteiger partial charge on any atom is -0.496 e. The summed E-state index contributed by atoms with van der Waals surface area (Å²) in [6.45, 7) is 1.93. The van der Waals surface area contributed by atoms with Crippen LogP contribution < -0.4 is 20.1 Å². The number of aromatic nitrogens is 1. The molecule has 32 heavy (non-hydrogen) atoms. The molecule has 3 rings (SSSR count). The Hall–Kier alpha value is -3.28. The lowest BCUT2D eigenvalue weighted by Crippen LogP contribution is -2.21. The quantitative estimate of drug-likeness (QED) is 0.430. The number of hydrogen-bond acceptors (Lipinski definition) is 7. The molecule has 1 heterocycles. The highest BCUT2D eigenvalue weighted by molar-refractivity contribution is 7.88. The summed E-state index contributed by atoms with van der Waals surface area (Å²) in [6.07, 6.45) is 2.53. The number of carbonyl (C=O) groups excluding carboxylic acids is 2. The van der Waals surface area contributed by atoms with Crippen LogP contribution in [0.3, 0.4) is 0 Å². The predicted molar refractivity (Wildman–Crippen MR) is 124 cm³/mol. The number of carbonyl (C=O) groups is 2. The molecule has 168 valence electrons. The van der Waals surface area contributed by atoms with E-state index in [1.54, 1.807) is 42.5 Å². The molecule has 3 N–H and O–H groups in total. The van der Waals surface area contributed by atoms with Crippen molar-refractivity contribution in [3.8, 4) is 5.75 Å². The number of ether oxygens (including phenoxy) is 1. The Bertz CT molecular complexity index is 1250. The van der Waals surface area contributed by atoms with Crippen LogP contribution in [0.2, 0.25) is 0 Å². The number of urea groups is 1. The Balaban J connectivity index is 1.76. The molecule has 0 aliphatic heterocycles. The summed E-state index contributed by atoms with van der Waals surface area (Å²) in [7, 11) is -1.84. The lowest BCUT2D eigenvalue weighted by molar-refractivity contribution is 0.103. The van der Waals surface area contributed by atoms with Crippen LogP contribution in [0, 0.1) is 6.92 Å². The van der Waals surface area contributed by atoms with E-state index in [0.717, 1.165) is 23.2 Å². The number of nitrogens with zero attached hydrogens (tertiary/aromatic N) is 1. The molecule has 3 aromatic rings. The van der Waals surface area contributed by atoms with Crippen LogP contribution in [0.15, 0.2) is 48.7 Å². The number of para-hydroxylation sites is 1. The standard InChI is InChI=1S/C21H22N4O5S2/c1-13-8-9-17(16(10-13)19(26)15-6-4-5-7-18(15)30-2)24-20(27)25-21-22-11-14(31-21)12-23-32(3,28)29/h4-11,23H,12H2,1-3H3,(H2,22,24,25,27). The van der Waals surface area contributed by atoms with Gasteiger partial charge in [-0.05, 0) is 31.2 Å². The highest BCUT2D eigenvalue weighted by atomic mass is 32.2. The van der Waals surface area contributed by atoms with Gasteiger partial charge in [0.2, 0.25) is 10.0 Å². The van der Waals surface area contributed by atoms with Crippen LogP contribution in [-0.2, 0) is 16.6 Å². The maximum Gasteiger partial charge on any atom is 0.325 e. The first-order valence-corrected chi connectivity index (χ1v) is 12.1. The summed E-state index contributed by atoms with van der Waals surface area (Å²) >= 11 is 1.13. The summed E-state index contributed by atoms with van der Waals surface area (Å²) in [5, 5.41) is 5.57. The van der Waals surface area contributed by atoms with Crippen molar-refractivity contribution in [2.45, 2.75) is 13.5 Å². The van der Waals surface area contributed by atoms with Gasteiger partial charge in [-0.2, -0.15) is 0 Å². The van der Waals surface area contributed by atoms with Gasteiger partial charge in [0.15, 0.2) is 10.9 Å². The number of ketones is 1. The van der Waals surface area contributed by atoms with Gasteiger partial charge in [-0.15, -0.1) is 11.3 Å². The van der Waals surface area contributed by atoms with E-state index in [-0.39, 0.29) is 17.5 Å². The van der Waals surface area contributed by atoms with Gasteiger partial charge in [-0.3, -0.25) is 10.1 Å². The summed E-state index contributed by atoms with van der Waals surface area (Å²) < 4.78 is 30.1. The Labute approximate surface area is 189 Å². The van der Waals surface area contributed by atoms with Crippen molar-refractivity contribution in [1.29, 1.82) is 0 Å². The van der Waals surface area contributed by atoms with Crippen molar-refractivity contribution >= 4 is 44.0 Å². The van der Waals surface area contributed by atoms with Crippen molar-refractivity contribution in [1.82, 2.24) is 9.71 Å². The van der Waals surface area contributed by atoms with Gasteiger partial charge in [-0.1, -0.05) is 23.8 Å². The molecule has 0 bridgehead atoms. The van der Waals surface area contributed by atoms with Crippen molar-refractivity contribution in [3.05, 3.63) is 70.2 Å². The van der Waals surface area contributed by atoms with Gasteiger partial charge in [-0.25, -0.2) is 22.9 Å². The third kappa shape index (κ3) is 6.13. The first-order valence-electron chi connectivity index (χ1n) is 9.42. The zero-order chi connectivity index (χ0) is 23.3. The van der Waals surface area contributed by atoms with E-state index in [1.807, 2.05) is 6.92 Å². The Morgan fingerprint density at radius 3 is 2.56 bits per heavy atom. The van der Waals surface area contributed by atoms with Crippen molar-refractivity contribution < 1.29 is 22.7 Å². The Morgan fingerprint density at radius 2 is 1.84 bits per heavy atom. The SMILES string of the molecule is COc1ccccc1C(=O)c1cc(C)ccc1NC(=O)Nc1ncc(CNS(C)(=O)=O)s1. The first kappa shape index (κ1) is 23.4. The minimum absolute atomic E-state index is 0.0787. The number of hydrogen-bond donors (Lipinski definition) is 3. The van der Waals surface area contributed by atoms with Crippen LogP contribution in [0.25, 0.3) is 0 Å². The molecule has 0 atom stereocenters. The molecule has 0 fully saturated rings. The number of aryl methyl sites for hydroxylation is 1. The number of rotatable bonds is 8. The molecule has 9 nitrogen and oxygen atoms in total. The molecule has 0 saturated heterocycles. The molecule has 0 aliphatic rings. The number of nitrogens with one attached hydrogen (secondary N) is 3. The zero-order valence-corrected chi connectivity index (χ0v) is 19.3. The fraction of sp³-hybridized carbons (Fsp3) is 0.190. The van der Waals surface area contributed by atoms with Gasteiger partial charge < -0.3 is 10.1 Å². The molecule has 2 amide bonds. The molecule has 0 saturated carbocycles. The summed E-state index contributed by atoms with van der Waals surface area (Å²) in [4.78, 5) is 30.4. The second-order valence-corrected chi connectivity index (χ2v) is 9.83. The van der Waals surface area contributed by atoms with Gasteiger partial charge in [0, 0.05) is 23.2 Å². The summed E-state index contributed by atoms with van der Waals surface area (Å²) in [6, 6.07) is 11.4.